The summed E-state index contributed by atoms with van der Waals surface area (Å²) in [5, 5.41) is 6.21. The van der Waals surface area contributed by atoms with E-state index in [0.29, 0.717) is 23.7 Å². The summed E-state index contributed by atoms with van der Waals surface area (Å²) in [5.41, 5.74) is 0.596. The molecule has 1 saturated heterocycles. The predicted molar refractivity (Wildman–Crippen MR) is 83.4 cm³/mol. The molecule has 5 nitrogen and oxygen atoms in total. The van der Waals surface area contributed by atoms with Crippen LogP contribution in [0.15, 0.2) is 24.3 Å². The first kappa shape index (κ1) is 15.8. The summed E-state index contributed by atoms with van der Waals surface area (Å²) in [7, 11) is 0. The molecule has 0 aromatic heterocycles. The van der Waals surface area contributed by atoms with Crippen LogP contribution in [0.5, 0.6) is 0 Å². The van der Waals surface area contributed by atoms with Crippen molar-refractivity contribution in [3.05, 3.63) is 29.3 Å². The lowest BCUT2D eigenvalue weighted by atomic mass is 10.3. The molecular formula is C15H20ClN3O2. The molecule has 2 N–H and O–H groups in total. The molecule has 1 aromatic rings. The van der Waals surface area contributed by atoms with Crippen molar-refractivity contribution in [2.75, 3.05) is 31.5 Å². The minimum absolute atomic E-state index is 0.159. The number of anilines is 1. The van der Waals surface area contributed by atoms with E-state index in [9.17, 15) is 9.59 Å². The summed E-state index contributed by atoms with van der Waals surface area (Å²) in [5.74, 6) is -0.0109. The first-order chi connectivity index (χ1) is 10.2. The largest absolute Gasteiger partial charge is 0.343 e. The fourth-order valence-corrected chi connectivity index (χ4v) is 2.46. The molecule has 0 spiro atoms. The fraction of sp³-hybridized carbons (Fsp3) is 0.467. The molecule has 1 aliphatic heterocycles. The van der Waals surface area contributed by atoms with Gasteiger partial charge in [-0.2, -0.15) is 0 Å². The molecule has 2 amide bonds. The Morgan fingerprint density at radius 2 is 1.90 bits per heavy atom. The molecule has 0 unspecified atom stereocenters. The first-order valence-electron chi connectivity index (χ1n) is 7.19. The maximum atomic E-state index is 11.8. The zero-order chi connectivity index (χ0) is 15.1. The molecule has 0 saturated carbocycles. The van der Waals surface area contributed by atoms with Crippen LogP contribution in [0.2, 0.25) is 5.02 Å². The van der Waals surface area contributed by atoms with Crippen molar-refractivity contribution in [1.82, 2.24) is 10.2 Å². The highest BCUT2D eigenvalue weighted by molar-refractivity contribution is 6.33. The van der Waals surface area contributed by atoms with Crippen molar-refractivity contribution >= 4 is 29.1 Å². The minimum atomic E-state index is -0.170. The van der Waals surface area contributed by atoms with Crippen LogP contribution in [-0.2, 0) is 9.59 Å². The molecule has 0 aliphatic carbocycles. The molecule has 0 radical (unpaired) electrons. The molecule has 0 bridgehead atoms. The molecule has 1 aliphatic rings. The first-order valence-corrected chi connectivity index (χ1v) is 7.57. The lowest BCUT2D eigenvalue weighted by Gasteiger charge is -2.15. The number of carbonyl (C=O) groups is 2. The van der Waals surface area contributed by atoms with Gasteiger partial charge in [-0.1, -0.05) is 23.7 Å². The highest BCUT2D eigenvalue weighted by Crippen LogP contribution is 2.19. The summed E-state index contributed by atoms with van der Waals surface area (Å²) >= 11 is 5.96. The van der Waals surface area contributed by atoms with E-state index in [1.807, 2.05) is 11.0 Å². The zero-order valence-corrected chi connectivity index (χ0v) is 12.7. The van der Waals surface area contributed by atoms with Crippen molar-refractivity contribution < 1.29 is 9.59 Å². The van der Waals surface area contributed by atoms with Gasteiger partial charge in [0.2, 0.25) is 11.8 Å². The number of halogens is 1. The minimum Gasteiger partial charge on any atom is -0.343 e. The van der Waals surface area contributed by atoms with Crippen LogP contribution in [-0.4, -0.2) is 42.9 Å². The topological polar surface area (TPSA) is 61.4 Å². The van der Waals surface area contributed by atoms with Gasteiger partial charge >= 0.3 is 0 Å². The Labute approximate surface area is 129 Å². The van der Waals surface area contributed by atoms with Crippen LogP contribution in [0.4, 0.5) is 5.69 Å². The Balaban J connectivity index is 1.63. The number of likely N-dealkylation sites (tertiary alicyclic amines) is 1. The van der Waals surface area contributed by atoms with E-state index in [1.165, 1.54) is 0 Å². The van der Waals surface area contributed by atoms with Gasteiger partial charge in [-0.25, -0.2) is 0 Å². The summed E-state index contributed by atoms with van der Waals surface area (Å²) in [4.78, 5) is 25.4. The van der Waals surface area contributed by atoms with E-state index in [0.717, 1.165) is 25.9 Å². The number of nitrogens with one attached hydrogen (secondary N) is 2. The number of hydrogen-bond donors (Lipinski definition) is 2. The van der Waals surface area contributed by atoms with Gasteiger partial charge < -0.3 is 15.5 Å². The second-order valence-corrected chi connectivity index (χ2v) is 5.45. The van der Waals surface area contributed by atoms with Gasteiger partial charge in [0.05, 0.1) is 17.3 Å². The number of rotatable bonds is 6. The van der Waals surface area contributed by atoms with Gasteiger partial charge in [0.15, 0.2) is 0 Å². The van der Waals surface area contributed by atoms with Crippen molar-refractivity contribution in [3.63, 3.8) is 0 Å². The number of hydrogen-bond acceptors (Lipinski definition) is 3. The summed E-state index contributed by atoms with van der Waals surface area (Å²) in [6.07, 6.45) is 2.62. The van der Waals surface area contributed by atoms with Crippen LogP contribution in [0.1, 0.15) is 19.3 Å². The lowest BCUT2D eigenvalue weighted by molar-refractivity contribution is -0.130. The van der Waals surface area contributed by atoms with Crippen molar-refractivity contribution in [1.29, 1.82) is 0 Å². The third-order valence-electron chi connectivity index (χ3n) is 3.41. The summed E-state index contributed by atoms with van der Waals surface area (Å²) < 4.78 is 0. The van der Waals surface area contributed by atoms with E-state index in [4.69, 9.17) is 11.6 Å². The van der Waals surface area contributed by atoms with E-state index in [-0.39, 0.29) is 18.4 Å². The normalized spacial score (nSPS) is 14.2. The van der Waals surface area contributed by atoms with Crippen LogP contribution in [0.25, 0.3) is 0 Å². The Hall–Kier alpha value is -1.59. The van der Waals surface area contributed by atoms with E-state index < -0.39 is 0 Å². The standard InChI is InChI=1S/C15H20ClN3O2/c16-12-5-1-2-6-13(12)18-14(20)11-17-8-7-15(21)19-9-3-4-10-19/h1-2,5-6,17H,3-4,7-11H2,(H,18,20). The second kappa shape index (κ2) is 8.00. The Kier molecular flexibility index (Phi) is 6.02. The quantitative estimate of drug-likeness (QED) is 0.789. The number of para-hydroxylation sites is 1. The van der Waals surface area contributed by atoms with Gasteiger partial charge in [0.25, 0.3) is 0 Å². The Bertz CT molecular complexity index is 501. The monoisotopic (exact) mass is 309 g/mol. The maximum absolute atomic E-state index is 11.8. The van der Waals surface area contributed by atoms with Crippen LogP contribution >= 0.6 is 11.6 Å². The molecule has 0 atom stereocenters. The lowest BCUT2D eigenvalue weighted by Crippen LogP contribution is -2.33. The van der Waals surface area contributed by atoms with Crippen LogP contribution < -0.4 is 10.6 Å². The average molecular weight is 310 g/mol. The van der Waals surface area contributed by atoms with Gasteiger partial charge in [0, 0.05) is 26.1 Å². The molecule has 21 heavy (non-hydrogen) atoms. The number of nitrogens with zero attached hydrogens (tertiary/aromatic N) is 1. The fourth-order valence-electron chi connectivity index (χ4n) is 2.28. The Morgan fingerprint density at radius 1 is 1.19 bits per heavy atom. The SMILES string of the molecule is O=C(CNCCC(=O)N1CCCC1)Nc1ccccc1Cl. The zero-order valence-electron chi connectivity index (χ0n) is 11.9. The third-order valence-corrected chi connectivity index (χ3v) is 3.74. The number of benzene rings is 1. The Morgan fingerprint density at radius 3 is 2.62 bits per heavy atom. The molecule has 114 valence electrons. The maximum Gasteiger partial charge on any atom is 0.238 e. The second-order valence-electron chi connectivity index (χ2n) is 5.04. The highest BCUT2D eigenvalue weighted by Gasteiger charge is 2.17. The van der Waals surface area contributed by atoms with Crippen molar-refractivity contribution in [3.8, 4) is 0 Å². The average Bonchev–Trinajstić information content (AvgIpc) is 3.00. The van der Waals surface area contributed by atoms with E-state index in [2.05, 4.69) is 10.6 Å². The molecule has 1 fully saturated rings. The molecule has 1 aromatic carbocycles. The van der Waals surface area contributed by atoms with Crippen LogP contribution in [0.3, 0.4) is 0 Å². The van der Waals surface area contributed by atoms with Crippen molar-refractivity contribution in [2.45, 2.75) is 19.3 Å². The third kappa shape index (κ3) is 5.02. The highest BCUT2D eigenvalue weighted by atomic mass is 35.5. The van der Waals surface area contributed by atoms with Crippen molar-refractivity contribution in [2.24, 2.45) is 0 Å². The van der Waals surface area contributed by atoms with Gasteiger partial charge in [-0.15, -0.1) is 0 Å². The number of amides is 2. The van der Waals surface area contributed by atoms with Crippen LogP contribution in [0, 0.1) is 0 Å². The summed E-state index contributed by atoms with van der Waals surface area (Å²) in [6.45, 7) is 2.40. The smallest absolute Gasteiger partial charge is 0.238 e. The number of carbonyl (C=O) groups excluding carboxylic acids is 2. The van der Waals surface area contributed by atoms with Gasteiger partial charge in [-0.3, -0.25) is 9.59 Å². The van der Waals surface area contributed by atoms with E-state index >= 15 is 0 Å². The molecule has 2 rings (SSSR count). The molecular weight excluding hydrogens is 290 g/mol. The van der Waals surface area contributed by atoms with Gasteiger partial charge in [-0.05, 0) is 25.0 Å². The van der Waals surface area contributed by atoms with Gasteiger partial charge in [0.1, 0.15) is 0 Å². The van der Waals surface area contributed by atoms with E-state index in [1.54, 1.807) is 18.2 Å². The summed E-state index contributed by atoms with van der Waals surface area (Å²) in [6, 6.07) is 7.08. The molecule has 1 heterocycles. The predicted octanol–water partition coefficient (Wildman–Crippen LogP) is 1.88. The molecule has 6 heteroatoms.